The smallest absolute Gasteiger partial charge is 0.147 e. The number of aliphatic hydroxyl groups excluding tert-OH is 1. The summed E-state index contributed by atoms with van der Waals surface area (Å²) in [6.45, 7) is 9.09. The largest absolute Gasteiger partial charge is 0.392 e. The fourth-order valence-corrected chi connectivity index (χ4v) is 5.73. The van der Waals surface area contributed by atoms with Gasteiger partial charge in [0.15, 0.2) is 0 Å². The minimum absolute atomic E-state index is 0.0963. The molecule has 0 aromatic carbocycles. The van der Waals surface area contributed by atoms with E-state index in [-0.39, 0.29) is 24.0 Å². The van der Waals surface area contributed by atoms with Crippen molar-refractivity contribution in [3.05, 3.63) is 22.8 Å². The summed E-state index contributed by atoms with van der Waals surface area (Å²) in [4.78, 5) is 0. The van der Waals surface area contributed by atoms with E-state index < -0.39 is 17.3 Å². The monoisotopic (exact) mass is 394 g/mol. The number of hydrogen-bond acceptors (Lipinski definition) is 5. The van der Waals surface area contributed by atoms with Crippen molar-refractivity contribution < 1.29 is 24.4 Å². The molecule has 0 bridgehead atoms. The zero-order valence-corrected chi connectivity index (χ0v) is 18.4. The van der Waals surface area contributed by atoms with Gasteiger partial charge in [0.1, 0.15) is 12.4 Å². The standard InChI is InChI=1S/C23H38O5/c1-15-16-7-10-23(25,13-26-5)19(16)12-22(4)9-8-17(18(22)11-20(15)24)21(2,3)28-14-27-6/h12,15-16,20,24-25H,7-11,13-14H2,1-6H3/b19-12+/t15-,16+,20+,22-,23+/m1/s1. The molecule has 5 atom stereocenters. The third-order valence-corrected chi connectivity index (χ3v) is 7.53. The topological polar surface area (TPSA) is 68.2 Å². The predicted octanol–water partition coefficient (Wildman–Crippen LogP) is 3.60. The van der Waals surface area contributed by atoms with E-state index >= 15 is 0 Å². The Morgan fingerprint density at radius 3 is 2.57 bits per heavy atom. The first-order chi connectivity index (χ1) is 13.1. The van der Waals surface area contributed by atoms with E-state index in [1.54, 1.807) is 14.2 Å². The number of methoxy groups -OCH3 is 2. The van der Waals surface area contributed by atoms with Gasteiger partial charge in [-0.15, -0.1) is 0 Å². The maximum Gasteiger partial charge on any atom is 0.147 e. The Kier molecular flexibility index (Phi) is 6.15. The molecular weight excluding hydrogens is 356 g/mol. The molecule has 0 amide bonds. The third-order valence-electron chi connectivity index (χ3n) is 7.53. The zero-order valence-electron chi connectivity index (χ0n) is 18.4. The van der Waals surface area contributed by atoms with E-state index in [2.05, 4.69) is 33.8 Å². The molecule has 1 saturated carbocycles. The molecule has 5 heteroatoms. The second-order valence-electron chi connectivity index (χ2n) is 9.78. The SMILES string of the molecule is COCOC(C)(C)C1=C2C[C@H](O)[C@H](C)[C@@H]3CC[C@](O)(COC)/C3=C/[C@@]2(C)CC1. The van der Waals surface area contributed by atoms with Crippen molar-refractivity contribution in [2.24, 2.45) is 17.3 Å². The molecular formula is C23H38O5. The first kappa shape index (κ1) is 22.0. The highest BCUT2D eigenvalue weighted by Gasteiger charge is 2.51. The second kappa shape index (κ2) is 7.84. The van der Waals surface area contributed by atoms with Crippen LogP contribution in [0.1, 0.15) is 59.8 Å². The quantitative estimate of drug-likeness (QED) is 0.532. The number of aliphatic hydroxyl groups is 2. The fraction of sp³-hybridized carbons (Fsp3) is 0.826. The Bertz CT molecular complexity index is 651. The summed E-state index contributed by atoms with van der Waals surface area (Å²) in [6.07, 6.45) is 6.04. The van der Waals surface area contributed by atoms with E-state index in [0.29, 0.717) is 19.4 Å². The van der Waals surface area contributed by atoms with Gasteiger partial charge in [0.05, 0.1) is 18.3 Å². The minimum atomic E-state index is -0.927. The van der Waals surface area contributed by atoms with Gasteiger partial charge in [0.2, 0.25) is 0 Å². The lowest BCUT2D eigenvalue weighted by atomic mass is 9.69. The summed E-state index contributed by atoms with van der Waals surface area (Å²) >= 11 is 0. The van der Waals surface area contributed by atoms with Crippen LogP contribution >= 0.6 is 0 Å². The van der Waals surface area contributed by atoms with Crippen LogP contribution in [-0.2, 0) is 14.2 Å². The molecule has 28 heavy (non-hydrogen) atoms. The molecule has 3 aliphatic rings. The highest BCUT2D eigenvalue weighted by Crippen LogP contribution is 2.56. The van der Waals surface area contributed by atoms with E-state index in [1.807, 2.05) is 0 Å². The van der Waals surface area contributed by atoms with Crippen molar-refractivity contribution in [3.8, 4) is 0 Å². The molecule has 3 aliphatic carbocycles. The van der Waals surface area contributed by atoms with Gasteiger partial charge in [-0.25, -0.2) is 0 Å². The van der Waals surface area contributed by atoms with Crippen molar-refractivity contribution in [1.82, 2.24) is 0 Å². The maximum atomic E-state index is 11.4. The molecule has 0 saturated heterocycles. The maximum absolute atomic E-state index is 11.4. The van der Waals surface area contributed by atoms with Crippen LogP contribution in [0.25, 0.3) is 0 Å². The summed E-state index contributed by atoms with van der Waals surface area (Å²) in [5.41, 5.74) is 2.06. The van der Waals surface area contributed by atoms with Crippen molar-refractivity contribution in [2.75, 3.05) is 27.6 Å². The molecule has 0 aliphatic heterocycles. The highest BCUT2D eigenvalue weighted by atomic mass is 16.7. The summed E-state index contributed by atoms with van der Waals surface area (Å²) in [7, 11) is 3.28. The average molecular weight is 395 g/mol. The molecule has 0 heterocycles. The van der Waals surface area contributed by atoms with Crippen molar-refractivity contribution >= 4 is 0 Å². The van der Waals surface area contributed by atoms with Gasteiger partial charge in [0.25, 0.3) is 0 Å². The van der Waals surface area contributed by atoms with Crippen molar-refractivity contribution in [3.63, 3.8) is 0 Å². The van der Waals surface area contributed by atoms with Gasteiger partial charge in [-0.1, -0.05) is 25.5 Å². The van der Waals surface area contributed by atoms with Crippen molar-refractivity contribution in [2.45, 2.75) is 77.1 Å². The molecule has 0 spiro atoms. The summed E-state index contributed by atoms with van der Waals surface area (Å²) in [6, 6.07) is 0. The minimum Gasteiger partial charge on any atom is -0.392 e. The summed E-state index contributed by atoms with van der Waals surface area (Å²) < 4.78 is 16.5. The van der Waals surface area contributed by atoms with Crippen LogP contribution in [0.15, 0.2) is 22.8 Å². The summed E-state index contributed by atoms with van der Waals surface area (Å²) in [5.74, 6) is 0.300. The molecule has 3 rings (SSSR count). The lowest BCUT2D eigenvalue weighted by molar-refractivity contribution is -0.0980. The number of rotatable bonds is 6. The molecule has 5 nitrogen and oxygen atoms in total. The highest BCUT2D eigenvalue weighted by molar-refractivity contribution is 5.42. The van der Waals surface area contributed by atoms with E-state index in [1.165, 1.54) is 11.1 Å². The van der Waals surface area contributed by atoms with Crippen LogP contribution < -0.4 is 0 Å². The Morgan fingerprint density at radius 2 is 1.93 bits per heavy atom. The van der Waals surface area contributed by atoms with E-state index in [9.17, 15) is 10.2 Å². The lowest BCUT2D eigenvalue weighted by Gasteiger charge is -2.39. The van der Waals surface area contributed by atoms with Crippen LogP contribution in [0.3, 0.4) is 0 Å². The Labute approximate surface area is 169 Å². The van der Waals surface area contributed by atoms with Crippen LogP contribution in [-0.4, -0.2) is 55.1 Å². The molecule has 160 valence electrons. The van der Waals surface area contributed by atoms with Gasteiger partial charge in [0, 0.05) is 19.6 Å². The van der Waals surface area contributed by atoms with Gasteiger partial charge in [-0.05, 0) is 68.9 Å². The van der Waals surface area contributed by atoms with E-state index in [4.69, 9.17) is 14.2 Å². The second-order valence-corrected chi connectivity index (χ2v) is 9.78. The molecule has 0 radical (unpaired) electrons. The average Bonchev–Trinajstić information content (AvgIpc) is 3.11. The molecule has 0 aromatic heterocycles. The van der Waals surface area contributed by atoms with Crippen LogP contribution in [0, 0.1) is 17.3 Å². The lowest BCUT2D eigenvalue weighted by Crippen LogP contribution is -2.39. The van der Waals surface area contributed by atoms with Crippen LogP contribution in [0.2, 0.25) is 0 Å². The Morgan fingerprint density at radius 1 is 1.21 bits per heavy atom. The normalized spacial score (nSPS) is 40.6. The number of fused-ring (bicyclic) bond motifs is 2. The van der Waals surface area contributed by atoms with Crippen LogP contribution in [0.5, 0.6) is 0 Å². The van der Waals surface area contributed by atoms with Gasteiger partial charge >= 0.3 is 0 Å². The Balaban J connectivity index is 2.09. The molecule has 2 N–H and O–H groups in total. The van der Waals surface area contributed by atoms with E-state index in [0.717, 1.165) is 24.8 Å². The van der Waals surface area contributed by atoms with Gasteiger partial charge < -0.3 is 24.4 Å². The number of allylic oxidation sites excluding steroid dienone is 1. The molecule has 1 fully saturated rings. The predicted molar refractivity (Wildman–Crippen MR) is 109 cm³/mol. The fourth-order valence-electron chi connectivity index (χ4n) is 5.73. The number of ether oxygens (including phenoxy) is 3. The zero-order chi connectivity index (χ0) is 20.7. The third kappa shape index (κ3) is 3.72. The first-order valence-electron chi connectivity index (χ1n) is 10.6. The Hall–Kier alpha value is -0.720. The van der Waals surface area contributed by atoms with Gasteiger partial charge in [-0.3, -0.25) is 0 Å². The van der Waals surface area contributed by atoms with Crippen molar-refractivity contribution in [1.29, 1.82) is 0 Å². The molecule has 0 unspecified atom stereocenters. The van der Waals surface area contributed by atoms with Gasteiger partial charge in [-0.2, -0.15) is 0 Å². The molecule has 0 aromatic rings. The van der Waals surface area contributed by atoms with Crippen LogP contribution in [0.4, 0.5) is 0 Å². The first-order valence-corrected chi connectivity index (χ1v) is 10.6. The number of hydrogen-bond donors (Lipinski definition) is 2. The summed E-state index contributed by atoms with van der Waals surface area (Å²) in [5, 5.41) is 22.5.